The second-order valence-electron chi connectivity index (χ2n) is 5.57. The predicted octanol–water partition coefficient (Wildman–Crippen LogP) is 1.48. The predicted molar refractivity (Wildman–Crippen MR) is 73.9 cm³/mol. The van der Waals surface area contributed by atoms with Crippen molar-refractivity contribution in [3.8, 4) is 0 Å². The lowest BCUT2D eigenvalue weighted by Crippen LogP contribution is -2.43. The molecule has 0 spiro atoms. The SMILES string of the molecule is CC(C)C1CCCCC1NS(=O)(=O)c1cn[nH]c1N. The van der Waals surface area contributed by atoms with Gasteiger partial charge in [0, 0.05) is 6.04 Å². The van der Waals surface area contributed by atoms with Gasteiger partial charge in [0.1, 0.15) is 10.7 Å². The molecule has 0 saturated heterocycles. The largest absolute Gasteiger partial charge is 0.383 e. The molecule has 19 heavy (non-hydrogen) atoms. The van der Waals surface area contributed by atoms with Gasteiger partial charge >= 0.3 is 0 Å². The van der Waals surface area contributed by atoms with E-state index in [9.17, 15) is 8.42 Å². The first-order chi connectivity index (χ1) is 8.92. The van der Waals surface area contributed by atoms with E-state index in [1.807, 2.05) is 0 Å². The zero-order chi connectivity index (χ0) is 14.0. The van der Waals surface area contributed by atoms with Crippen LogP contribution in [0.15, 0.2) is 11.1 Å². The molecule has 0 aliphatic heterocycles. The van der Waals surface area contributed by atoms with Gasteiger partial charge in [-0.3, -0.25) is 5.10 Å². The third-order valence-corrected chi connectivity index (χ3v) is 5.42. The number of aromatic amines is 1. The highest BCUT2D eigenvalue weighted by atomic mass is 32.2. The van der Waals surface area contributed by atoms with Crippen molar-refractivity contribution in [3.05, 3.63) is 6.20 Å². The fourth-order valence-corrected chi connectivity index (χ4v) is 4.21. The van der Waals surface area contributed by atoms with Crippen molar-refractivity contribution < 1.29 is 8.42 Å². The van der Waals surface area contributed by atoms with Crippen molar-refractivity contribution >= 4 is 15.8 Å². The molecule has 1 aromatic heterocycles. The molecule has 1 aliphatic carbocycles. The lowest BCUT2D eigenvalue weighted by atomic mass is 9.78. The number of nitrogens with one attached hydrogen (secondary N) is 2. The van der Waals surface area contributed by atoms with Crippen molar-refractivity contribution in [3.63, 3.8) is 0 Å². The van der Waals surface area contributed by atoms with Crippen molar-refractivity contribution in [1.29, 1.82) is 0 Å². The third-order valence-electron chi connectivity index (χ3n) is 3.90. The molecule has 108 valence electrons. The maximum atomic E-state index is 12.3. The number of hydrogen-bond donors (Lipinski definition) is 3. The van der Waals surface area contributed by atoms with Crippen LogP contribution in [-0.4, -0.2) is 24.7 Å². The highest BCUT2D eigenvalue weighted by Gasteiger charge is 2.32. The Labute approximate surface area is 114 Å². The minimum absolute atomic E-state index is 0.00644. The molecule has 0 bridgehead atoms. The second-order valence-corrected chi connectivity index (χ2v) is 7.25. The number of sulfonamides is 1. The van der Waals surface area contributed by atoms with Crippen LogP contribution in [-0.2, 0) is 10.0 Å². The molecule has 1 heterocycles. The van der Waals surface area contributed by atoms with E-state index in [-0.39, 0.29) is 16.8 Å². The fraction of sp³-hybridized carbons (Fsp3) is 0.750. The molecule has 4 N–H and O–H groups in total. The molecule has 6 nitrogen and oxygen atoms in total. The zero-order valence-electron chi connectivity index (χ0n) is 11.4. The minimum Gasteiger partial charge on any atom is -0.383 e. The lowest BCUT2D eigenvalue weighted by Gasteiger charge is -2.34. The van der Waals surface area contributed by atoms with E-state index in [1.165, 1.54) is 12.6 Å². The number of rotatable bonds is 4. The Bertz CT molecular complexity index is 524. The number of anilines is 1. The van der Waals surface area contributed by atoms with Gasteiger partial charge < -0.3 is 5.73 Å². The summed E-state index contributed by atoms with van der Waals surface area (Å²) in [6, 6.07) is -0.00644. The third kappa shape index (κ3) is 3.09. The molecule has 0 radical (unpaired) electrons. The Balaban J connectivity index is 2.17. The van der Waals surface area contributed by atoms with Gasteiger partial charge in [0.2, 0.25) is 10.0 Å². The highest BCUT2D eigenvalue weighted by Crippen LogP contribution is 2.31. The Kier molecular flexibility index (Phi) is 4.15. The fourth-order valence-electron chi connectivity index (χ4n) is 2.87. The molecule has 0 amide bonds. The van der Waals surface area contributed by atoms with E-state index in [4.69, 9.17) is 5.73 Å². The number of nitrogen functional groups attached to an aromatic ring is 1. The van der Waals surface area contributed by atoms with Gasteiger partial charge in [-0.1, -0.05) is 26.7 Å². The van der Waals surface area contributed by atoms with Crippen LogP contribution in [0.5, 0.6) is 0 Å². The average molecular weight is 286 g/mol. The molecule has 1 aromatic rings. The van der Waals surface area contributed by atoms with E-state index < -0.39 is 10.0 Å². The number of hydrogen-bond acceptors (Lipinski definition) is 4. The quantitative estimate of drug-likeness (QED) is 0.780. The summed E-state index contributed by atoms with van der Waals surface area (Å²) in [6.07, 6.45) is 5.46. The second kappa shape index (κ2) is 5.50. The van der Waals surface area contributed by atoms with Gasteiger partial charge in [-0.15, -0.1) is 0 Å². The maximum Gasteiger partial charge on any atom is 0.246 e. The van der Waals surface area contributed by atoms with E-state index in [1.54, 1.807) is 0 Å². The van der Waals surface area contributed by atoms with Crippen LogP contribution < -0.4 is 10.5 Å². The maximum absolute atomic E-state index is 12.3. The van der Waals surface area contributed by atoms with Gasteiger partial charge in [-0.25, -0.2) is 13.1 Å². The van der Waals surface area contributed by atoms with Crippen LogP contribution in [0.1, 0.15) is 39.5 Å². The topological polar surface area (TPSA) is 101 Å². The standard InChI is InChI=1S/C12H22N4O2S/c1-8(2)9-5-3-4-6-10(9)16-19(17,18)11-7-14-15-12(11)13/h7-10,16H,3-6H2,1-2H3,(H3,13,14,15). The molecule has 1 fully saturated rings. The van der Waals surface area contributed by atoms with Crippen LogP contribution in [0.3, 0.4) is 0 Å². The summed E-state index contributed by atoms with van der Waals surface area (Å²) >= 11 is 0. The van der Waals surface area contributed by atoms with Crippen molar-refractivity contribution in [2.75, 3.05) is 5.73 Å². The average Bonchev–Trinajstić information content (AvgIpc) is 2.76. The molecule has 2 unspecified atom stereocenters. The van der Waals surface area contributed by atoms with Crippen LogP contribution >= 0.6 is 0 Å². The summed E-state index contributed by atoms with van der Waals surface area (Å²) in [4.78, 5) is 0.0422. The summed E-state index contributed by atoms with van der Waals surface area (Å²) in [7, 11) is -3.58. The zero-order valence-corrected chi connectivity index (χ0v) is 12.2. The summed E-state index contributed by atoms with van der Waals surface area (Å²) in [5.41, 5.74) is 5.59. The van der Waals surface area contributed by atoms with Crippen LogP contribution in [0.4, 0.5) is 5.82 Å². The minimum atomic E-state index is -3.58. The summed E-state index contributed by atoms with van der Waals surface area (Å²) in [5.74, 6) is 0.941. The summed E-state index contributed by atoms with van der Waals surface area (Å²) < 4.78 is 27.4. The Morgan fingerprint density at radius 1 is 1.42 bits per heavy atom. The summed E-state index contributed by atoms with van der Waals surface area (Å²) in [5, 5.41) is 6.12. The van der Waals surface area contributed by atoms with Gasteiger partial charge in [0.15, 0.2) is 0 Å². The van der Waals surface area contributed by atoms with E-state index in [0.29, 0.717) is 11.8 Å². The first kappa shape index (κ1) is 14.3. The first-order valence-corrected chi connectivity index (χ1v) is 8.21. The number of nitrogens with two attached hydrogens (primary N) is 1. The molecule has 2 rings (SSSR count). The molecule has 1 saturated carbocycles. The highest BCUT2D eigenvalue weighted by molar-refractivity contribution is 7.89. The molecule has 0 aromatic carbocycles. The number of aromatic nitrogens is 2. The molecule has 1 aliphatic rings. The first-order valence-electron chi connectivity index (χ1n) is 6.73. The van der Waals surface area contributed by atoms with Crippen LogP contribution in [0.25, 0.3) is 0 Å². The Hall–Kier alpha value is -1.08. The molecule has 2 atom stereocenters. The summed E-state index contributed by atoms with van der Waals surface area (Å²) in [6.45, 7) is 4.28. The van der Waals surface area contributed by atoms with Crippen molar-refractivity contribution in [2.24, 2.45) is 11.8 Å². The van der Waals surface area contributed by atoms with Crippen molar-refractivity contribution in [1.82, 2.24) is 14.9 Å². The van der Waals surface area contributed by atoms with E-state index in [0.717, 1.165) is 19.3 Å². The molecular formula is C12H22N4O2S. The van der Waals surface area contributed by atoms with E-state index in [2.05, 4.69) is 28.8 Å². The van der Waals surface area contributed by atoms with Gasteiger partial charge in [-0.05, 0) is 24.7 Å². The number of nitrogens with zero attached hydrogens (tertiary/aromatic N) is 1. The van der Waals surface area contributed by atoms with Crippen LogP contribution in [0.2, 0.25) is 0 Å². The van der Waals surface area contributed by atoms with Crippen LogP contribution in [0, 0.1) is 11.8 Å². The van der Waals surface area contributed by atoms with Gasteiger partial charge in [-0.2, -0.15) is 5.10 Å². The monoisotopic (exact) mass is 286 g/mol. The number of H-pyrrole nitrogens is 1. The van der Waals surface area contributed by atoms with E-state index >= 15 is 0 Å². The molecular weight excluding hydrogens is 264 g/mol. The molecule has 7 heteroatoms. The van der Waals surface area contributed by atoms with Crippen molar-refractivity contribution in [2.45, 2.75) is 50.5 Å². The normalized spacial score (nSPS) is 24.8. The smallest absolute Gasteiger partial charge is 0.246 e. The van der Waals surface area contributed by atoms with Gasteiger partial charge in [0.05, 0.1) is 6.20 Å². The Morgan fingerprint density at radius 2 is 2.11 bits per heavy atom. The van der Waals surface area contributed by atoms with Gasteiger partial charge in [0.25, 0.3) is 0 Å². The lowest BCUT2D eigenvalue weighted by molar-refractivity contribution is 0.226. The Morgan fingerprint density at radius 3 is 2.68 bits per heavy atom.